The van der Waals surface area contributed by atoms with Crippen LogP contribution in [0.3, 0.4) is 0 Å². The van der Waals surface area contributed by atoms with Gasteiger partial charge in [0.15, 0.2) is 11.6 Å². The lowest BCUT2D eigenvalue weighted by molar-refractivity contribution is 0.415. The summed E-state index contributed by atoms with van der Waals surface area (Å²) >= 11 is 6.55. The zero-order chi connectivity index (χ0) is 15.4. The van der Waals surface area contributed by atoms with Gasteiger partial charge in [-0.1, -0.05) is 44.8 Å². The topological polar surface area (TPSA) is 21.3 Å². The summed E-state index contributed by atoms with van der Waals surface area (Å²) in [5.74, 6) is -1.69. The minimum Gasteiger partial charge on any atom is -0.454 e. The molecule has 0 radical (unpaired) electrons. The van der Waals surface area contributed by atoms with E-state index in [1.165, 1.54) is 6.07 Å². The molecular weight excluding hydrogens is 408 g/mol. The highest BCUT2D eigenvalue weighted by molar-refractivity contribution is 9.10. The van der Waals surface area contributed by atoms with Gasteiger partial charge in [0.1, 0.15) is 5.75 Å². The maximum atomic E-state index is 13.7. The first-order chi connectivity index (χ1) is 10.0. The van der Waals surface area contributed by atoms with Gasteiger partial charge in [-0.25, -0.2) is 4.39 Å². The van der Waals surface area contributed by atoms with Gasteiger partial charge in [0.05, 0.1) is 0 Å². The van der Waals surface area contributed by atoms with Crippen LogP contribution in [-0.2, 0) is 6.54 Å². The molecule has 0 amide bonds. The van der Waals surface area contributed by atoms with E-state index in [1.807, 2.05) is 13.0 Å². The molecule has 6 heteroatoms. The molecule has 0 heterocycles. The van der Waals surface area contributed by atoms with Crippen molar-refractivity contribution in [1.29, 1.82) is 0 Å². The molecule has 0 fully saturated rings. The number of halogens is 4. The predicted molar refractivity (Wildman–Crippen MR) is 85.7 cm³/mol. The Hall–Kier alpha value is -0.980. The van der Waals surface area contributed by atoms with Crippen LogP contribution >= 0.6 is 31.9 Å². The highest BCUT2D eigenvalue weighted by Gasteiger charge is 2.13. The van der Waals surface area contributed by atoms with Crippen molar-refractivity contribution in [1.82, 2.24) is 5.32 Å². The largest absolute Gasteiger partial charge is 0.454 e. The third-order valence-corrected chi connectivity index (χ3v) is 3.97. The van der Waals surface area contributed by atoms with Gasteiger partial charge in [-0.2, -0.15) is 4.39 Å². The molecule has 0 aromatic heterocycles. The second-order valence-electron chi connectivity index (χ2n) is 4.34. The van der Waals surface area contributed by atoms with Crippen LogP contribution < -0.4 is 10.1 Å². The number of hydrogen-bond donors (Lipinski definition) is 1. The molecule has 0 spiro atoms. The zero-order valence-electron chi connectivity index (χ0n) is 11.2. The van der Waals surface area contributed by atoms with Crippen LogP contribution in [0.5, 0.6) is 11.5 Å². The van der Waals surface area contributed by atoms with Crippen molar-refractivity contribution < 1.29 is 13.5 Å². The van der Waals surface area contributed by atoms with Crippen LogP contribution in [-0.4, -0.2) is 6.54 Å². The highest BCUT2D eigenvalue weighted by Crippen LogP contribution is 2.31. The van der Waals surface area contributed by atoms with Crippen LogP contribution in [0.25, 0.3) is 0 Å². The smallest absolute Gasteiger partial charge is 0.201 e. The number of benzene rings is 2. The van der Waals surface area contributed by atoms with Crippen LogP contribution in [0.15, 0.2) is 39.3 Å². The molecule has 21 heavy (non-hydrogen) atoms. The summed E-state index contributed by atoms with van der Waals surface area (Å²) in [7, 11) is 0. The minimum atomic E-state index is -1.01. The van der Waals surface area contributed by atoms with E-state index in [2.05, 4.69) is 37.2 Å². The molecule has 0 aliphatic rings. The highest BCUT2D eigenvalue weighted by atomic mass is 79.9. The van der Waals surface area contributed by atoms with Gasteiger partial charge in [0, 0.05) is 15.5 Å². The quantitative estimate of drug-likeness (QED) is 0.654. The van der Waals surface area contributed by atoms with E-state index < -0.39 is 11.6 Å². The molecule has 0 aliphatic carbocycles. The fraction of sp³-hybridized carbons (Fsp3) is 0.200. The lowest BCUT2D eigenvalue weighted by atomic mass is 10.2. The normalized spacial score (nSPS) is 10.7. The Morgan fingerprint density at radius 3 is 2.57 bits per heavy atom. The summed E-state index contributed by atoms with van der Waals surface area (Å²) in [6.07, 6.45) is 0. The van der Waals surface area contributed by atoms with Gasteiger partial charge in [-0.3, -0.25) is 0 Å². The van der Waals surface area contributed by atoms with Crippen LogP contribution in [0.4, 0.5) is 8.78 Å². The summed E-state index contributed by atoms with van der Waals surface area (Å²) in [4.78, 5) is 0. The van der Waals surface area contributed by atoms with Crippen molar-refractivity contribution in [3.63, 3.8) is 0 Å². The average molecular weight is 421 g/mol. The second-order valence-corrected chi connectivity index (χ2v) is 6.11. The van der Waals surface area contributed by atoms with Gasteiger partial charge in [-0.15, -0.1) is 0 Å². The Kier molecular flexibility index (Phi) is 5.72. The molecule has 0 saturated carbocycles. The van der Waals surface area contributed by atoms with Crippen molar-refractivity contribution in [2.24, 2.45) is 0 Å². The molecule has 2 rings (SSSR count). The Morgan fingerprint density at radius 2 is 1.90 bits per heavy atom. The van der Waals surface area contributed by atoms with E-state index in [4.69, 9.17) is 4.74 Å². The van der Waals surface area contributed by atoms with Gasteiger partial charge in [0.25, 0.3) is 0 Å². The van der Waals surface area contributed by atoms with E-state index in [0.717, 1.165) is 29.2 Å². The minimum absolute atomic E-state index is 0.159. The Balaban J connectivity index is 2.22. The van der Waals surface area contributed by atoms with Gasteiger partial charge in [-0.05, 0) is 36.4 Å². The van der Waals surface area contributed by atoms with Crippen molar-refractivity contribution in [3.05, 3.63) is 56.5 Å². The van der Waals surface area contributed by atoms with Gasteiger partial charge in [0.2, 0.25) is 5.82 Å². The maximum Gasteiger partial charge on any atom is 0.201 e. The Bertz CT molecular complexity index is 650. The SMILES string of the molecule is CCNCc1ccc(Oc2cc(Br)cc(F)c2F)cc1Br. The second kappa shape index (κ2) is 7.33. The monoisotopic (exact) mass is 419 g/mol. The Morgan fingerprint density at radius 1 is 1.14 bits per heavy atom. The first-order valence-corrected chi connectivity index (χ1v) is 7.91. The van der Waals surface area contributed by atoms with Crippen molar-refractivity contribution in [2.75, 3.05) is 6.54 Å². The molecule has 2 nitrogen and oxygen atoms in total. The van der Waals surface area contributed by atoms with Gasteiger partial charge >= 0.3 is 0 Å². The van der Waals surface area contributed by atoms with Crippen molar-refractivity contribution in [3.8, 4) is 11.5 Å². The maximum absolute atomic E-state index is 13.7. The third kappa shape index (κ3) is 4.25. The molecule has 112 valence electrons. The first kappa shape index (κ1) is 16.4. The van der Waals surface area contributed by atoms with Crippen molar-refractivity contribution >= 4 is 31.9 Å². The number of nitrogens with one attached hydrogen (secondary N) is 1. The predicted octanol–water partition coefficient (Wildman–Crippen LogP) is 5.39. The van der Waals surface area contributed by atoms with E-state index in [9.17, 15) is 8.78 Å². The number of hydrogen-bond acceptors (Lipinski definition) is 2. The molecule has 0 unspecified atom stereocenters. The number of rotatable bonds is 5. The summed E-state index contributed by atoms with van der Waals surface area (Å²) in [5.41, 5.74) is 1.06. The van der Waals surface area contributed by atoms with Crippen molar-refractivity contribution in [2.45, 2.75) is 13.5 Å². The molecule has 0 saturated heterocycles. The molecule has 1 N–H and O–H groups in total. The molecule has 0 aliphatic heterocycles. The van der Waals surface area contributed by atoms with E-state index in [0.29, 0.717) is 10.2 Å². The number of ether oxygens (including phenoxy) is 1. The first-order valence-electron chi connectivity index (χ1n) is 6.32. The fourth-order valence-corrected chi connectivity index (χ4v) is 2.64. The average Bonchev–Trinajstić information content (AvgIpc) is 2.43. The fourth-order valence-electron chi connectivity index (χ4n) is 1.73. The van der Waals surface area contributed by atoms with Crippen LogP contribution in [0.1, 0.15) is 12.5 Å². The molecule has 0 atom stereocenters. The van der Waals surface area contributed by atoms with Crippen LogP contribution in [0, 0.1) is 11.6 Å². The summed E-state index contributed by atoms with van der Waals surface area (Å²) in [6, 6.07) is 7.76. The van der Waals surface area contributed by atoms with E-state index in [-0.39, 0.29) is 5.75 Å². The molecule has 2 aromatic rings. The molecule has 0 bridgehead atoms. The summed E-state index contributed by atoms with van der Waals surface area (Å²) in [5, 5.41) is 3.21. The zero-order valence-corrected chi connectivity index (χ0v) is 14.4. The lowest BCUT2D eigenvalue weighted by Crippen LogP contribution is -2.12. The molecule has 2 aromatic carbocycles. The Labute approximate surface area is 138 Å². The van der Waals surface area contributed by atoms with E-state index >= 15 is 0 Å². The van der Waals surface area contributed by atoms with Gasteiger partial charge < -0.3 is 10.1 Å². The summed E-state index contributed by atoms with van der Waals surface area (Å²) in [6.45, 7) is 3.61. The van der Waals surface area contributed by atoms with Crippen LogP contribution in [0.2, 0.25) is 0 Å². The lowest BCUT2D eigenvalue weighted by Gasteiger charge is -2.10. The standard InChI is InChI=1S/C15H13Br2F2NO/c1-2-20-8-9-3-4-11(7-12(9)17)21-14-6-10(16)5-13(18)15(14)19/h3-7,20H,2,8H2,1H3. The summed E-state index contributed by atoms with van der Waals surface area (Å²) < 4.78 is 33.7. The molecular formula is C15H13Br2F2NO. The van der Waals surface area contributed by atoms with E-state index in [1.54, 1.807) is 12.1 Å². The third-order valence-electron chi connectivity index (χ3n) is 2.78.